The summed E-state index contributed by atoms with van der Waals surface area (Å²) in [5.41, 5.74) is 2.46. The van der Waals surface area contributed by atoms with Gasteiger partial charge in [0.15, 0.2) is 5.69 Å². The maximum Gasteiger partial charge on any atom is 0.354 e. The third-order valence-corrected chi connectivity index (χ3v) is 3.01. The molecule has 0 amide bonds. The van der Waals surface area contributed by atoms with Crippen molar-refractivity contribution in [1.29, 1.82) is 0 Å². The third-order valence-electron chi connectivity index (χ3n) is 3.01. The number of aryl methyl sites for hydroxylation is 1. The van der Waals surface area contributed by atoms with Crippen molar-refractivity contribution in [3.05, 3.63) is 42.5 Å². The molecule has 0 fully saturated rings. The van der Waals surface area contributed by atoms with Gasteiger partial charge in [-0.2, -0.15) is 0 Å². The first kappa shape index (κ1) is 10.6. The van der Waals surface area contributed by atoms with Crippen LogP contribution in [0, 0.1) is 0 Å². The van der Waals surface area contributed by atoms with E-state index >= 15 is 0 Å². The first-order chi connectivity index (χ1) is 8.68. The lowest BCUT2D eigenvalue weighted by Gasteiger charge is -1.96. The van der Waals surface area contributed by atoms with Crippen molar-refractivity contribution in [2.24, 2.45) is 7.05 Å². The van der Waals surface area contributed by atoms with Crippen LogP contribution in [0.4, 0.5) is 0 Å². The highest BCUT2D eigenvalue weighted by atomic mass is 16.4. The number of imidazole rings is 1. The number of carboxylic acid groups (broad SMARTS) is 1. The summed E-state index contributed by atoms with van der Waals surface area (Å²) in [5.74, 6) is -1.00. The van der Waals surface area contributed by atoms with Crippen LogP contribution >= 0.6 is 0 Å². The minimum absolute atomic E-state index is 0.117. The minimum Gasteiger partial charge on any atom is -0.477 e. The van der Waals surface area contributed by atoms with Gasteiger partial charge in [-0.25, -0.2) is 9.78 Å². The number of nitrogens with zero attached hydrogens (tertiary/aromatic N) is 2. The molecule has 18 heavy (non-hydrogen) atoms. The molecular weight excluding hydrogens is 230 g/mol. The first-order valence-electron chi connectivity index (χ1n) is 5.49. The van der Waals surface area contributed by atoms with Crippen LogP contribution in [0.5, 0.6) is 0 Å². The molecule has 90 valence electrons. The van der Waals surface area contributed by atoms with E-state index in [4.69, 9.17) is 5.11 Å². The fourth-order valence-corrected chi connectivity index (χ4v) is 2.19. The molecule has 0 aliphatic rings. The average molecular weight is 241 g/mol. The molecule has 3 rings (SSSR count). The van der Waals surface area contributed by atoms with Gasteiger partial charge in [-0.1, -0.05) is 18.2 Å². The van der Waals surface area contributed by atoms with Crippen molar-refractivity contribution in [2.75, 3.05) is 0 Å². The van der Waals surface area contributed by atoms with E-state index < -0.39 is 5.97 Å². The van der Waals surface area contributed by atoms with E-state index in [2.05, 4.69) is 9.97 Å². The van der Waals surface area contributed by atoms with Crippen molar-refractivity contribution >= 4 is 16.9 Å². The Hall–Kier alpha value is -2.56. The van der Waals surface area contributed by atoms with Crippen molar-refractivity contribution in [3.8, 4) is 11.3 Å². The topological polar surface area (TPSA) is 70.9 Å². The molecule has 0 bridgehead atoms. The Bertz CT molecular complexity index is 740. The molecule has 0 saturated carbocycles. The summed E-state index contributed by atoms with van der Waals surface area (Å²) in [6, 6.07) is 7.84. The number of hydrogen-bond acceptors (Lipinski definition) is 2. The molecule has 0 atom stereocenters. The molecule has 0 aliphatic carbocycles. The van der Waals surface area contributed by atoms with Crippen LogP contribution in [0.15, 0.2) is 36.8 Å². The first-order valence-corrected chi connectivity index (χ1v) is 5.49. The van der Waals surface area contributed by atoms with Crippen molar-refractivity contribution in [1.82, 2.24) is 14.5 Å². The van der Waals surface area contributed by atoms with Gasteiger partial charge in [0.1, 0.15) is 5.69 Å². The summed E-state index contributed by atoms with van der Waals surface area (Å²) in [5, 5.41) is 10.1. The number of aromatic amines is 1. The number of aromatic nitrogens is 3. The molecule has 0 aliphatic heterocycles. The van der Waals surface area contributed by atoms with Crippen LogP contribution in [0.2, 0.25) is 0 Å². The lowest BCUT2D eigenvalue weighted by Crippen LogP contribution is -1.98. The van der Waals surface area contributed by atoms with Gasteiger partial charge in [-0.15, -0.1) is 0 Å². The van der Waals surface area contributed by atoms with E-state index in [1.165, 1.54) is 6.33 Å². The highest BCUT2D eigenvalue weighted by molar-refractivity contribution is 6.01. The number of carbonyl (C=O) groups is 1. The summed E-state index contributed by atoms with van der Waals surface area (Å²) in [6.07, 6.45) is 3.30. The van der Waals surface area contributed by atoms with Gasteiger partial charge in [0, 0.05) is 29.7 Å². The third kappa shape index (κ3) is 1.41. The van der Waals surface area contributed by atoms with Crippen LogP contribution in [0.1, 0.15) is 10.5 Å². The standard InChI is InChI=1S/C13H11N3O2/c1-16-6-9(8-4-2-3-5-10(8)16)11-12(13(17)18)15-7-14-11/h2-7H,1H3,(H,14,15)(H,17,18). The SMILES string of the molecule is Cn1cc(-c2nc[nH]c2C(=O)O)c2ccccc21. The van der Waals surface area contributed by atoms with Gasteiger partial charge in [0.25, 0.3) is 0 Å². The van der Waals surface area contributed by atoms with E-state index in [9.17, 15) is 4.79 Å². The molecule has 2 heterocycles. The van der Waals surface area contributed by atoms with Crippen LogP contribution in [0.25, 0.3) is 22.2 Å². The second kappa shape index (κ2) is 3.73. The Labute approximate surface area is 103 Å². The summed E-state index contributed by atoms with van der Waals surface area (Å²) in [4.78, 5) is 17.9. The largest absolute Gasteiger partial charge is 0.477 e. The summed E-state index contributed by atoms with van der Waals surface area (Å²) in [7, 11) is 1.93. The van der Waals surface area contributed by atoms with E-state index in [1.807, 2.05) is 42.1 Å². The Kier molecular flexibility index (Phi) is 2.19. The van der Waals surface area contributed by atoms with Crippen LogP contribution in [-0.4, -0.2) is 25.6 Å². The van der Waals surface area contributed by atoms with E-state index in [0.717, 1.165) is 16.5 Å². The molecule has 2 N–H and O–H groups in total. The fraction of sp³-hybridized carbons (Fsp3) is 0.0769. The van der Waals surface area contributed by atoms with Gasteiger partial charge in [0.2, 0.25) is 0 Å². The molecule has 0 spiro atoms. The lowest BCUT2D eigenvalue weighted by atomic mass is 10.1. The number of nitrogens with one attached hydrogen (secondary N) is 1. The molecule has 3 aromatic rings. The van der Waals surface area contributed by atoms with Crippen LogP contribution in [0.3, 0.4) is 0 Å². The number of para-hydroxylation sites is 1. The summed E-state index contributed by atoms with van der Waals surface area (Å²) >= 11 is 0. The zero-order chi connectivity index (χ0) is 12.7. The summed E-state index contributed by atoms with van der Waals surface area (Å²) < 4.78 is 1.96. The van der Waals surface area contributed by atoms with Crippen LogP contribution in [-0.2, 0) is 7.05 Å². The maximum absolute atomic E-state index is 11.1. The van der Waals surface area contributed by atoms with Gasteiger partial charge >= 0.3 is 5.97 Å². The van der Waals surface area contributed by atoms with Gasteiger partial charge < -0.3 is 14.7 Å². The highest BCUT2D eigenvalue weighted by Crippen LogP contribution is 2.30. The molecule has 0 unspecified atom stereocenters. The minimum atomic E-state index is -1.00. The van der Waals surface area contributed by atoms with E-state index in [1.54, 1.807) is 0 Å². The summed E-state index contributed by atoms with van der Waals surface area (Å²) in [6.45, 7) is 0. The number of rotatable bonds is 2. The Morgan fingerprint density at radius 3 is 2.94 bits per heavy atom. The number of benzene rings is 1. The number of carboxylic acids is 1. The normalized spacial score (nSPS) is 10.9. The molecule has 0 radical (unpaired) electrons. The molecule has 5 nitrogen and oxygen atoms in total. The van der Waals surface area contributed by atoms with Crippen molar-refractivity contribution < 1.29 is 9.90 Å². The zero-order valence-electron chi connectivity index (χ0n) is 9.71. The smallest absolute Gasteiger partial charge is 0.354 e. The molecular formula is C13H11N3O2. The lowest BCUT2D eigenvalue weighted by molar-refractivity contribution is 0.0692. The molecule has 2 aromatic heterocycles. The Balaban J connectivity index is 2.32. The Morgan fingerprint density at radius 1 is 1.39 bits per heavy atom. The monoisotopic (exact) mass is 241 g/mol. The molecule has 1 aromatic carbocycles. The number of aromatic carboxylic acids is 1. The highest BCUT2D eigenvalue weighted by Gasteiger charge is 2.18. The molecule has 0 saturated heterocycles. The Morgan fingerprint density at radius 2 is 2.17 bits per heavy atom. The molecule has 5 heteroatoms. The number of H-pyrrole nitrogens is 1. The quantitative estimate of drug-likeness (QED) is 0.723. The fourth-order valence-electron chi connectivity index (χ4n) is 2.19. The second-order valence-electron chi connectivity index (χ2n) is 4.10. The van der Waals surface area contributed by atoms with Crippen molar-refractivity contribution in [3.63, 3.8) is 0 Å². The van der Waals surface area contributed by atoms with Crippen molar-refractivity contribution in [2.45, 2.75) is 0 Å². The van der Waals surface area contributed by atoms with Gasteiger partial charge in [-0.3, -0.25) is 0 Å². The van der Waals surface area contributed by atoms with Gasteiger partial charge in [-0.05, 0) is 6.07 Å². The van der Waals surface area contributed by atoms with Gasteiger partial charge in [0.05, 0.1) is 6.33 Å². The predicted octanol–water partition coefficient (Wildman–Crippen LogP) is 2.27. The predicted molar refractivity (Wildman–Crippen MR) is 67.5 cm³/mol. The number of fused-ring (bicyclic) bond motifs is 1. The zero-order valence-corrected chi connectivity index (χ0v) is 9.71. The average Bonchev–Trinajstić information content (AvgIpc) is 2.95. The number of hydrogen-bond donors (Lipinski definition) is 2. The van der Waals surface area contributed by atoms with E-state index in [0.29, 0.717) is 5.69 Å². The van der Waals surface area contributed by atoms with E-state index in [-0.39, 0.29) is 5.69 Å². The maximum atomic E-state index is 11.1. The second-order valence-corrected chi connectivity index (χ2v) is 4.10. The van der Waals surface area contributed by atoms with Crippen LogP contribution < -0.4 is 0 Å².